The molecule has 2 aromatic heterocycles. The van der Waals surface area contributed by atoms with Gasteiger partial charge in [0.25, 0.3) is 11.8 Å². The molecule has 0 atom stereocenters. The fourth-order valence-corrected chi connectivity index (χ4v) is 1.77. The first kappa shape index (κ1) is 10.5. The summed E-state index contributed by atoms with van der Waals surface area (Å²) in [4.78, 5) is 26.9. The van der Waals surface area contributed by atoms with E-state index in [0.717, 1.165) is 17.7 Å². The molecule has 0 N–H and O–H groups in total. The molecular formula is C12H8N2O4. The summed E-state index contributed by atoms with van der Waals surface area (Å²) in [5.41, 5.74) is 1.45. The topological polar surface area (TPSA) is 69.9 Å². The summed E-state index contributed by atoms with van der Waals surface area (Å²) in [5.74, 6) is -1.22. The van der Waals surface area contributed by atoms with Crippen LogP contribution in [0.2, 0.25) is 0 Å². The van der Waals surface area contributed by atoms with Crippen molar-refractivity contribution in [2.45, 2.75) is 6.92 Å². The Bertz CT molecular complexity index is 699. The third-order valence-corrected chi connectivity index (χ3v) is 2.54. The number of hydrogen-bond acceptors (Lipinski definition) is 5. The summed E-state index contributed by atoms with van der Waals surface area (Å²) in [6.07, 6.45) is 3.72. The highest BCUT2D eigenvalue weighted by Gasteiger charge is 2.21. The number of esters is 2. The molecule has 18 heavy (non-hydrogen) atoms. The molecule has 0 aliphatic carbocycles. The first-order valence-corrected chi connectivity index (χ1v) is 5.24. The zero-order chi connectivity index (χ0) is 12.7. The molecule has 3 rings (SSSR count). The van der Waals surface area contributed by atoms with Crippen LogP contribution in [0.1, 0.15) is 5.69 Å². The van der Waals surface area contributed by atoms with E-state index in [0.29, 0.717) is 5.69 Å². The SMILES string of the molecule is Cc1nc2c(n3cccc13)OC(=O)/C=C/C(=O)O2. The summed E-state index contributed by atoms with van der Waals surface area (Å²) in [5, 5.41) is 0. The van der Waals surface area contributed by atoms with Crippen molar-refractivity contribution in [1.29, 1.82) is 0 Å². The van der Waals surface area contributed by atoms with Gasteiger partial charge in [-0.25, -0.2) is 14.6 Å². The minimum Gasteiger partial charge on any atom is -0.400 e. The van der Waals surface area contributed by atoms with Crippen LogP contribution < -0.4 is 9.47 Å². The van der Waals surface area contributed by atoms with Gasteiger partial charge in [-0.05, 0) is 19.1 Å². The van der Waals surface area contributed by atoms with Crippen LogP contribution in [0.15, 0.2) is 30.5 Å². The lowest BCUT2D eigenvalue weighted by molar-refractivity contribution is -0.133. The molecular weight excluding hydrogens is 236 g/mol. The molecule has 0 saturated carbocycles. The fraction of sp³-hybridized carbons (Fsp3) is 0.0833. The fourth-order valence-electron chi connectivity index (χ4n) is 1.77. The molecule has 2 aromatic rings. The van der Waals surface area contributed by atoms with Crippen LogP contribution in [0.25, 0.3) is 5.52 Å². The van der Waals surface area contributed by atoms with Crippen molar-refractivity contribution < 1.29 is 19.1 Å². The molecule has 90 valence electrons. The smallest absolute Gasteiger partial charge is 0.337 e. The van der Waals surface area contributed by atoms with E-state index in [-0.39, 0.29) is 11.8 Å². The van der Waals surface area contributed by atoms with Gasteiger partial charge in [0.1, 0.15) is 0 Å². The van der Waals surface area contributed by atoms with Gasteiger partial charge in [0.2, 0.25) is 0 Å². The second-order valence-corrected chi connectivity index (χ2v) is 3.75. The van der Waals surface area contributed by atoms with Gasteiger partial charge in [0, 0.05) is 18.3 Å². The maximum Gasteiger partial charge on any atom is 0.337 e. The third-order valence-electron chi connectivity index (χ3n) is 2.54. The van der Waals surface area contributed by atoms with Crippen molar-refractivity contribution in [3.8, 4) is 11.8 Å². The van der Waals surface area contributed by atoms with Gasteiger partial charge in [0.15, 0.2) is 0 Å². The second-order valence-electron chi connectivity index (χ2n) is 3.75. The van der Waals surface area contributed by atoms with Crippen LogP contribution in [0, 0.1) is 6.92 Å². The molecule has 6 heteroatoms. The normalized spacial score (nSPS) is 16.5. The van der Waals surface area contributed by atoms with Crippen LogP contribution in [0.4, 0.5) is 0 Å². The Kier molecular flexibility index (Phi) is 2.16. The van der Waals surface area contributed by atoms with Crippen molar-refractivity contribution in [2.24, 2.45) is 0 Å². The maximum absolute atomic E-state index is 11.4. The van der Waals surface area contributed by atoms with Gasteiger partial charge in [-0.3, -0.25) is 4.40 Å². The molecule has 6 nitrogen and oxygen atoms in total. The standard InChI is InChI=1S/C12H8N2O4/c1-7-8-3-2-6-14(8)12-11(13-7)17-9(15)4-5-10(16)18-12/h2-6H,1H3/b5-4+. The Morgan fingerprint density at radius 3 is 2.67 bits per heavy atom. The molecule has 1 aliphatic heterocycles. The maximum atomic E-state index is 11.4. The lowest BCUT2D eigenvalue weighted by Gasteiger charge is -2.13. The molecule has 0 fully saturated rings. The van der Waals surface area contributed by atoms with Crippen LogP contribution in [-0.2, 0) is 9.59 Å². The Morgan fingerprint density at radius 2 is 1.89 bits per heavy atom. The minimum absolute atomic E-state index is 0.0149. The van der Waals surface area contributed by atoms with E-state index in [4.69, 9.17) is 9.47 Å². The largest absolute Gasteiger partial charge is 0.400 e. The molecule has 0 bridgehead atoms. The Balaban J connectivity index is 2.29. The lowest BCUT2D eigenvalue weighted by Crippen LogP contribution is -2.17. The van der Waals surface area contributed by atoms with E-state index in [9.17, 15) is 9.59 Å². The number of fused-ring (bicyclic) bond motifs is 3. The zero-order valence-electron chi connectivity index (χ0n) is 9.41. The molecule has 0 spiro atoms. The van der Waals surface area contributed by atoms with E-state index in [2.05, 4.69) is 4.98 Å². The number of aromatic nitrogens is 2. The van der Waals surface area contributed by atoms with Gasteiger partial charge < -0.3 is 9.47 Å². The summed E-state index contributed by atoms with van der Waals surface area (Å²) in [7, 11) is 0. The Hall–Kier alpha value is -2.63. The van der Waals surface area contributed by atoms with Crippen LogP contribution in [-0.4, -0.2) is 21.3 Å². The van der Waals surface area contributed by atoms with Gasteiger partial charge in [0.05, 0.1) is 11.2 Å². The van der Waals surface area contributed by atoms with Crippen LogP contribution in [0.5, 0.6) is 11.8 Å². The van der Waals surface area contributed by atoms with Gasteiger partial charge in [-0.2, -0.15) is 0 Å². The van der Waals surface area contributed by atoms with E-state index >= 15 is 0 Å². The van der Waals surface area contributed by atoms with Crippen molar-refractivity contribution in [3.05, 3.63) is 36.2 Å². The van der Waals surface area contributed by atoms with Crippen molar-refractivity contribution in [1.82, 2.24) is 9.38 Å². The summed E-state index contributed by atoms with van der Waals surface area (Å²) in [6.45, 7) is 1.78. The quantitative estimate of drug-likeness (QED) is 0.647. The predicted octanol–water partition coefficient (Wildman–Crippen LogP) is 1.02. The average molecular weight is 244 g/mol. The number of nitrogens with zero attached hydrogens (tertiary/aromatic N) is 2. The first-order chi connectivity index (χ1) is 8.65. The van der Waals surface area contributed by atoms with Gasteiger partial charge in [-0.15, -0.1) is 0 Å². The van der Waals surface area contributed by atoms with E-state index in [1.165, 1.54) is 0 Å². The number of rotatable bonds is 0. The van der Waals surface area contributed by atoms with E-state index in [1.54, 1.807) is 23.6 Å². The number of hydrogen-bond donors (Lipinski definition) is 0. The van der Waals surface area contributed by atoms with Gasteiger partial charge in [-0.1, -0.05) is 0 Å². The summed E-state index contributed by atoms with van der Waals surface area (Å²) in [6, 6.07) is 3.61. The molecule has 0 unspecified atom stereocenters. The molecule has 0 saturated heterocycles. The Morgan fingerprint density at radius 1 is 1.17 bits per heavy atom. The zero-order valence-corrected chi connectivity index (χ0v) is 9.41. The number of carbonyl (C=O) groups is 2. The van der Waals surface area contributed by atoms with Crippen LogP contribution in [0.3, 0.4) is 0 Å². The highest BCUT2D eigenvalue weighted by molar-refractivity contribution is 5.94. The number of aryl methyl sites for hydroxylation is 1. The molecule has 0 radical (unpaired) electrons. The minimum atomic E-state index is -0.661. The summed E-state index contributed by atoms with van der Waals surface area (Å²) < 4.78 is 11.7. The molecule has 0 amide bonds. The highest BCUT2D eigenvalue weighted by Crippen LogP contribution is 2.29. The second kappa shape index (κ2) is 3.69. The van der Waals surface area contributed by atoms with Crippen molar-refractivity contribution >= 4 is 17.5 Å². The average Bonchev–Trinajstić information content (AvgIpc) is 2.79. The monoisotopic (exact) mass is 244 g/mol. The molecule has 3 heterocycles. The van der Waals surface area contributed by atoms with Crippen molar-refractivity contribution in [2.75, 3.05) is 0 Å². The number of ether oxygens (including phenoxy) is 2. The highest BCUT2D eigenvalue weighted by atomic mass is 16.6. The molecule has 1 aliphatic rings. The van der Waals surface area contributed by atoms with Gasteiger partial charge >= 0.3 is 11.9 Å². The third kappa shape index (κ3) is 1.55. The van der Waals surface area contributed by atoms with E-state index in [1.807, 2.05) is 6.07 Å². The Labute approximate surface area is 101 Å². The molecule has 0 aromatic carbocycles. The predicted molar refractivity (Wildman–Crippen MR) is 60.3 cm³/mol. The summed E-state index contributed by atoms with van der Waals surface area (Å²) >= 11 is 0. The lowest BCUT2D eigenvalue weighted by atomic mass is 10.4. The first-order valence-electron chi connectivity index (χ1n) is 5.24. The van der Waals surface area contributed by atoms with E-state index < -0.39 is 11.9 Å². The number of carbonyl (C=O) groups excluding carboxylic acids is 2. The van der Waals surface area contributed by atoms with Crippen molar-refractivity contribution in [3.63, 3.8) is 0 Å². The van der Waals surface area contributed by atoms with Crippen LogP contribution >= 0.6 is 0 Å².